The summed E-state index contributed by atoms with van der Waals surface area (Å²) in [7, 11) is 0. The highest BCUT2D eigenvalue weighted by atomic mass is 32.1. The maximum Gasteiger partial charge on any atom is 0.343 e. The molecule has 0 N–H and O–H groups in total. The van der Waals surface area contributed by atoms with Crippen molar-refractivity contribution < 1.29 is 4.42 Å². The second-order valence-electron chi connectivity index (χ2n) is 34.1. The van der Waals surface area contributed by atoms with Crippen LogP contribution in [0.1, 0.15) is 182 Å². The highest BCUT2D eigenvalue weighted by molar-refractivity contribution is 7.32. The molecule has 0 unspecified atom stereocenters. The number of fused-ring (bicyclic) bond motifs is 14. The maximum absolute atomic E-state index is 7.49. The van der Waals surface area contributed by atoms with Gasteiger partial charge in [0.15, 0.2) is 0 Å². The van der Waals surface area contributed by atoms with E-state index < -0.39 is 0 Å². The molecule has 2 aliphatic heterocycles. The Morgan fingerprint density at radius 2 is 0.979 bits per heavy atom. The maximum atomic E-state index is 7.49. The quantitative estimate of drug-likeness (QED) is 0.155. The van der Waals surface area contributed by atoms with E-state index in [9.17, 15) is 0 Å². The summed E-state index contributed by atoms with van der Waals surface area (Å²) in [4.78, 5) is 7.96. The number of benzene rings is 10. The number of anilines is 8. The Kier molecular flexibility index (Phi) is 13.4. The second-order valence-corrected chi connectivity index (χ2v) is 35.2. The summed E-state index contributed by atoms with van der Waals surface area (Å²) in [5, 5.41) is 3.56. The minimum atomic E-state index is -0.385. The van der Waals surface area contributed by atoms with E-state index in [0.29, 0.717) is 0 Å². The molecular formula is C89H90BN3OS. The smallest absolute Gasteiger partial charge is 0.343 e. The minimum absolute atomic E-state index is 0.00626. The summed E-state index contributed by atoms with van der Waals surface area (Å²) in [5.74, 6) is 0. The molecule has 16 rings (SSSR count). The van der Waals surface area contributed by atoms with Gasteiger partial charge in [-0.3, -0.25) is 0 Å². The molecule has 0 saturated heterocycles. The van der Waals surface area contributed by atoms with Crippen LogP contribution in [0.3, 0.4) is 0 Å². The Balaban J connectivity index is 1.01. The van der Waals surface area contributed by atoms with E-state index in [0.717, 1.165) is 51.8 Å². The summed E-state index contributed by atoms with van der Waals surface area (Å²) >= 11 is 2.01. The van der Waals surface area contributed by atoms with E-state index in [-0.39, 0.29) is 44.8 Å². The fraction of sp³-hybridized carbons (Fsp3) is 0.303. The number of thiophene rings is 1. The second kappa shape index (κ2) is 20.7. The van der Waals surface area contributed by atoms with Crippen LogP contribution in [0.15, 0.2) is 199 Å². The summed E-state index contributed by atoms with van der Waals surface area (Å²) < 4.78 is 10.2. The van der Waals surface area contributed by atoms with Crippen molar-refractivity contribution in [3.63, 3.8) is 0 Å². The van der Waals surface area contributed by atoms with Gasteiger partial charge in [0.05, 0.1) is 11.4 Å². The molecular weight excluding hydrogens is 1170 g/mol. The van der Waals surface area contributed by atoms with Gasteiger partial charge in [0.1, 0.15) is 11.2 Å². The highest BCUT2D eigenvalue weighted by Crippen LogP contribution is 2.60. The monoisotopic (exact) mass is 1260 g/mol. The Bertz CT molecular complexity index is 5070. The SMILES string of the molecule is CC(C)(C)c1ccc(N2B3c4sc5cc6c(cc5c4N(c4ccc(C(C)(C)C)cc4-c4ccccc4)c4cc5c(oc7ccccc75)c(c43)-c3cc4c(cc32)C(C)(C)c2cc(N(c3ccc(C(C)(C)C)cc3)c3ccc(C(C)(C)C)cc3)ccc2-4)C(C)(C)CCC6(C)C)cc1. The lowest BCUT2D eigenvalue weighted by Gasteiger charge is -2.45. The fourth-order valence-electron chi connectivity index (χ4n) is 16.5. The van der Waals surface area contributed by atoms with Crippen molar-refractivity contribution in [2.75, 3.05) is 14.6 Å². The van der Waals surface area contributed by atoms with Gasteiger partial charge in [-0.1, -0.05) is 222 Å². The molecule has 4 nitrogen and oxygen atoms in total. The first kappa shape index (κ1) is 61.3. The Morgan fingerprint density at radius 1 is 0.432 bits per heavy atom. The molecule has 0 atom stereocenters. The first-order valence-electron chi connectivity index (χ1n) is 34.7. The van der Waals surface area contributed by atoms with E-state index >= 15 is 0 Å². The fourth-order valence-corrected chi connectivity index (χ4v) is 17.8. The third kappa shape index (κ3) is 9.56. The van der Waals surface area contributed by atoms with Gasteiger partial charge in [-0.15, -0.1) is 11.3 Å². The van der Waals surface area contributed by atoms with Gasteiger partial charge in [0, 0.05) is 81.9 Å². The van der Waals surface area contributed by atoms with Crippen LogP contribution < -0.4 is 24.9 Å². The largest absolute Gasteiger partial charge is 0.455 e. The number of furan rings is 1. The van der Waals surface area contributed by atoms with Gasteiger partial charge in [0.2, 0.25) is 0 Å². The van der Waals surface area contributed by atoms with Crippen LogP contribution in [0.4, 0.5) is 45.5 Å². The van der Waals surface area contributed by atoms with Crippen molar-refractivity contribution >= 4 is 106 Å². The number of nitrogens with zero attached hydrogens (tertiary/aromatic N) is 3. The predicted molar refractivity (Wildman–Crippen MR) is 411 cm³/mol. The number of rotatable bonds is 6. The lowest BCUT2D eigenvalue weighted by Crippen LogP contribution is -2.60. The Labute approximate surface area is 568 Å². The predicted octanol–water partition coefficient (Wildman–Crippen LogP) is 24.5. The zero-order valence-corrected chi connectivity index (χ0v) is 59.9. The normalized spacial score (nSPS) is 16.0. The summed E-state index contributed by atoms with van der Waals surface area (Å²) in [6, 6.07) is 75.7. The standard InChI is InChI=1S/C89H90BN3OS/c1-83(2,3)54-28-35-58(36-29-54)91(59-37-30-55(31-38-59)84(4,5)6)61-41-42-62-65-48-67-74(51-70(65)89(17,18)69(62)47-61)93(60-39-32-56(33-40-60)85(7,8)9)90-79-75(50-66-63-26-22-23-27-76(63)94-81(66)78(67)79)92(73-43-34-57(86(10,11)12)46-64(73)53-24-20-19-21-25-53)80-68-49-71-72(52-77(68)95-82(80)90)88(15,16)45-44-87(71,13)14/h19-43,46-52H,44-45H2,1-18H3. The molecule has 0 amide bonds. The van der Waals surface area contributed by atoms with Crippen molar-refractivity contribution in [1.29, 1.82) is 0 Å². The summed E-state index contributed by atoms with van der Waals surface area (Å²) in [6.45, 7) is 42.4. The topological polar surface area (TPSA) is 22.9 Å². The average Bonchev–Trinajstić information content (AvgIpc) is 1.61. The van der Waals surface area contributed by atoms with E-state index in [1.807, 2.05) is 11.3 Å². The lowest BCUT2D eigenvalue weighted by molar-refractivity contribution is 0.332. The van der Waals surface area contributed by atoms with Gasteiger partial charge >= 0.3 is 6.85 Å². The number of hydrogen-bond donors (Lipinski definition) is 0. The van der Waals surface area contributed by atoms with Crippen LogP contribution in [-0.4, -0.2) is 6.85 Å². The molecule has 0 spiro atoms. The Hall–Kier alpha value is -8.58. The number of hydrogen-bond acceptors (Lipinski definition) is 5. The van der Waals surface area contributed by atoms with E-state index in [4.69, 9.17) is 4.42 Å². The molecule has 6 heteroatoms. The van der Waals surface area contributed by atoms with Gasteiger partial charge in [0.25, 0.3) is 0 Å². The minimum Gasteiger partial charge on any atom is -0.455 e. The van der Waals surface area contributed by atoms with Crippen LogP contribution in [0.5, 0.6) is 0 Å². The summed E-state index contributed by atoms with van der Waals surface area (Å²) in [5.41, 5.74) is 30.3. The molecule has 12 aromatic rings. The Morgan fingerprint density at radius 3 is 1.59 bits per heavy atom. The molecule has 95 heavy (non-hydrogen) atoms. The molecule has 0 fully saturated rings. The van der Waals surface area contributed by atoms with Crippen molar-refractivity contribution in [2.45, 2.75) is 175 Å². The highest BCUT2D eigenvalue weighted by Gasteiger charge is 2.51. The molecule has 476 valence electrons. The van der Waals surface area contributed by atoms with Gasteiger partial charge < -0.3 is 19.0 Å². The molecule has 10 aromatic carbocycles. The van der Waals surface area contributed by atoms with Crippen molar-refractivity contribution in [3.8, 4) is 33.4 Å². The van der Waals surface area contributed by atoms with Gasteiger partial charge in [-0.2, -0.15) is 0 Å². The third-order valence-electron chi connectivity index (χ3n) is 22.3. The molecule has 2 aliphatic carbocycles. The zero-order valence-electron chi connectivity index (χ0n) is 59.1. The van der Waals surface area contributed by atoms with E-state index in [1.54, 1.807) is 0 Å². The van der Waals surface area contributed by atoms with E-state index in [1.165, 1.54) is 127 Å². The average molecular weight is 1260 g/mol. The van der Waals surface area contributed by atoms with Crippen molar-refractivity contribution in [2.24, 2.45) is 0 Å². The first-order chi connectivity index (χ1) is 44.9. The molecule has 4 aliphatic rings. The number of para-hydroxylation sites is 1. The van der Waals surface area contributed by atoms with Gasteiger partial charge in [-0.05, 0) is 209 Å². The van der Waals surface area contributed by atoms with Crippen LogP contribution in [-0.2, 0) is 37.9 Å². The molecule has 4 heterocycles. The van der Waals surface area contributed by atoms with Crippen molar-refractivity contribution in [3.05, 3.63) is 239 Å². The molecule has 0 saturated carbocycles. The molecule has 0 bridgehead atoms. The first-order valence-corrected chi connectivity index (χ1v) is 35.5. The van der Waals surface area contributed by atoms with Crippen LogP contribution in [0.25, 0.3) is 65.4 Å². The third-order valence-corrected chi connectivity index (χ3v) is 23.5. The van der Waals surface area contributed by atoms with Crippen LogP contribution >= 0.6 is 11.3 Å². The van der Waals surface area contributed by atoms with Crippen LogP contribution in [0.2, 0.25) is 0 Å². The van der Waals surface area contributed by atoms with Crippen molar-refractivity contribution in [1.82, 2.24) is 0 Å². The molecule has 0 radical (unpaired) electrons. The van der Waals surface area contributed by atoms with Gasteiger partial charge in [-0.25, -0.2) is 0 Å². The van der Waals surface area contributed by atoms with Crippen LogP contribution in [0, 0.1) is 0 Å². The molecule has 2 aromatic heterocycles. The van der Waals surface area contributed by atoms with E-state index in [2.05, 4.69) is 333 Å². The lowest BCUT2D eigenvalue weighted by atomic mass is 9.46. The summed E-state index contributed by atoms with van der Waals surface area (Å²) in [6.07, 6.45) is 2.29. The zero-order chi connectivity index (χ0) is 66.6.